The number of methoxy groups -OCH3 is 1. The molecule has 0 heterocycles. The lowest BCUT2D eigenvalue weighted by atomic mass is 10.0. The summed E-state index contributed by atoms with van der Waals surface area (Å²) in [5.41, 5.74) is -1.71. The maximum atomic E-state index is 13.2. The Hall–Kier alpha value is -3.29. The molecule has 0 aliphatic carbocycles. The number of halogens is 3. The zero-order valence-corrected chi connectivity index (χ0v) is 15.2. The van der Waals surface area contributed by atoms with Crippen LogP contribution in [-0.4, -0.2) is 31.0 Å². The van der Waals surface area contributed by atoms with Crippen molar-refractivity contribution in [3.05, 3.63) is 65.2 Å². The van der Waals surface area contributed by atoms with Gasteiger partial charge in [-0.3, -0.25) is 4.99 Å². The van der Waals surface area contributed by atoms with E-state index in [0.29, 0.717) is 11.4 Å². The number of carbonyl (C=O) groups is 1. The van der Waals surface area contributed by atoms with E-state index in [-0.39, 0.29) is 6.61 Å². The van der Waals surface area contributed by atoms with Crippen LogP contribution in [-0.2, 0) is 15.7 Å². The van der Waals surface area contributed by atoms with E-state index in [1.807, 2.05) is 0 Å². The number of nitrogens with zero attached hydrogens (tertiary/aromatic N) is 1. The Balaban J connectivity index is 2.53. The van der Waals surface area contributed by atoms with Crippen LogP contribution in [0.1, 0.15) is 18.1 Å². The fourth-order valence-corrected chi connectivity index (χ4v) is 2.31. The number of hydrogen-bond donors (Lipinski definition) is 1. The molecule has 28 heavy (non-hydrogen) atoms. The second-order valence-electron chi connectivity index (χ2n) is 5.48. The van der Waals surface area contributed by atoms with Gasteiger partial charge in [0.1, 0.15) is 17.1 Å². The van der Waals surface area contributed by atoms with Crippen molar-refractivity contribution in [2.75, 3.05) is 13.7 Å². The van der Waals surface area contributed by atoms with E-state index < -0.39 is 34.6 Å². The van der Waals surface area contributed by atoms with Crippen molar-refractivity contribution in [2.24, 2.45) is 4.99 Å². The van der Waals surface area contributed by atoms with Gasteiger partial charge in [-0.1, -0.05) is 18.2 Å². The molecule has 0 atom stereocenters. The molecule has 0 saturated carbocycles. The molecule has 0 aliphatic rings. The Morgan fingerprint density at radius 3 is 2.36 bits per heavy atom. The van der Waals surface area contributed by atoms with Crippen LogP contribution in [0.2, 0.25) is 0 Å². The summed E-state index contributed by atoms with van der Waals surface area (Å²) >= 11 is 0. The van der Waals surface area contributed by atoms with Crippen LogP contribution in [0.3, 0.4) is 0 Å². The number of benzene rings is 2. The van der Waals surface area contributed by atoms with Gasteiger partial charge in [-0.05, 0) is 37.3 Å². The van der Waals surface area contributed by atoms with E-state index in [0.717, 1.165) is 18.3 Å². The molecule has 0 aromatic heterocycles. The van der Waals surface area contributed by atoms with Gasteiger partial charge in [0.25, 0.3) is 0 Å². The lowest BCUT2D eigenvalue weighted by Crippen LogP contribution is -2.14. The molecule has 0 aliphatic heterocycles. The summed E-state index contributed by atoms with van der Waals surface area (Å²) in [6.45, 7) is 1.52. The molecule has 0 saturated heterocycles. The van der Waals surface area contributed by atoms with Crippen molar-refractivity contribution >= 4 is 23.6 Å². The molecule has 0 spiro atoms. The van der Waals surface area contributed by atoms with Gasteiger partial charge in [0.05, 0.1) is 25.0 Å². The average Bonchev–Trinajstić information content (AvgIpc) is 2.68. The van der Waals surface area contributed by atoms with Gasteiger partial charge in [-0.25, -0.2) is 4.79 Å². The number of aliphatic hydroxyl groups is 1. The van der Waals surface area contributed by atoms with E-state index in [1.165, 1.54) is 26.2 Å². The summed E-state index contributed by atoms with van der Waals surface area (Å²) in [6, 6.07) is 10.8. The predicted octanol–water partition coefficient (Wildman–Crippen LogP) is 4.95. The number of alkyl halides is 3. The third-order valence-electron chi connectivity index (χ3n) is 3.65. The Kier molecular flexibility index (Phi) is 6.81. The number of esters is 1. The molecular formula is C20H18F3NO4. The van der Waals surface area contributed by atoms with E-state index >= 15 is 0 Å². The second kappa shape index (κ2) is 9.07. The second-order valence-corrected chi connectivity index (χ2v) is 5.48. The number of ether oxygens (including phenoxy) is 2. The largest absolute Gasteiger partial charge is 0.506 e. The highest BCUT2D eigenvalue weighted by molar-refractivity contribution is 6.15. The molecule has 0 amide bonds. The van der Waals surface area contributed by atoms with Crippen LogP contribution >= 0.6 is 0 Å². The third kappa shape index (κ3) is 5.12. The Bertz CT molecular complexity index is 887. The van der Waals surface area contributed by atoms with Gasteiger partial charge in [0.2, 0.25) is 0 Å². The molecule has 2 rings (SSSR count). The van der Waals surface area contributed by atoms with Crippen molar-refractivity contribution in [1.29, 1.82) is 0 Å². The summed E-state index contributed by atoms with van der Waals surface area (Å²) in [7, 11) is 1.50. The molecule has 8 heteroatoms. The van der Waals surface area contributed by atoms with Gasteiger partial charge < -0.3 is 14.6 Å². The molecule has 0 radical (unpaired) electrons. The van der Waals surface area contributed by atoms with E-state index in [9.17, 15) is 23.1 Å². The van der Waals surface area contributed by atoms with Crippen molar-refractivity contribution in [2.45, 2.75) is 13.1 Å². The van der Waals surface area contributed by atoms with Crippen LogP contribution in [0.4, 0.5) is 18.9 Å². The predicted molar refractivity (Wildman–Crippen MR) is 98.8 cm³/mol. The van der Waals surface area contributed by atoms with Gasteiger partial charge >= 0.3 is 12.1 Å². The topological polar surface area (TPSA) is 68.1 Å². The van der Waals surface area contributed by atoms with Crippen LogP contribution in [0, 0.1) is 0 Å². The van der Waals surface area contributed by atoms with E-state index in [2.05, 4.69) is 4.99 Å². The summed E-state index contributed by atoms with van der Waals surface area (Å²) in [6.07, 6.45) is -3.74. The van der Waals surface area contributed by atoms with Gasteiger partial charge in [0, 0.05) is 11.8 Å². The lowest BCUT2D eigenvalue weighted by molar-refractivity contribution is -0.139. The first-order chi connectivity index (χ1) is 13.3. The van der Waals surface area contributed by atoms with Crippen molar-refractivity contribution < 1.29 is 32.5 Å². The van der Waals surface area contributed by atoms with Crippen LogP contribution in [0.5, 0.6) is 5.75 Å². The molecule has 0 fully saturated rings. The number of hydrogen-bond acceptors (Lipinski definition) is 5. The van der Waals surface area contributed by atoms with Crippen molar-refractivity contribution in [3.63, 3.8) is 0 Å². The highest BCUT2D eigenvalue weighted by Crippen LogP contribution is 2.35. The molecule has 148 valence electrons. The van der Waals surface area contributed by atoms with E-state index in [4.69, 9.17) is 9.47 Å². The minimum absolute atomic E-state index is 0.0209. The number of rotatable bonds is 6. The molecule has 5 nitrogen and oxygen atoms in total. The standard InChI is InChI=1S/C20H18F3NO4/c1-3-28-19(26)16(12-24-13-8-10-14(27-2)11-9-13)18(25)15-6-4-5-7-17(15)20(21,22)23/h4-12,25H,3H2,1-2H3. The number of aliphatic imine (C=N–C) groups is 1. The lowest BCUT2D eigenvalue weighted by Gasteiger charge is -2.13. The molecule has 2 aromatic rings. The minimum atomic E-state index is -4.71. The van der Waals surface area contributed by atoms with Gasteiger partial charge in [-0.2, -0.15) is 13.2 Å². The van der Waals surface area contributed by atoms with Gasteiger partial charge in [0.15, 0.2) is 0 Å². The molecular weight excluding hydrogens is 375 g/mol. The summed E-state index contributed by atoms with van der Waals surface area (Å²) < 4.78 is 49.6. The molecule has 1 N–H and O–H groups in total. The Morgan fingerprint density at radius 2 is 1.79 bits per heavy atom. The zero-order chi connectivity index (χ0) is 20.7. The fourth-order valence-electron chi connectivity index (χ4n) is 2.31. The molecule has 0 bridgehead atoms. The zero-order valence-electron chi connectivity index (χ0n) is 15.2. The SMILES string of the molecule is CCOC(=O)C(C=Nc1ccc(OC)cc1)=C(O)c1ccccc1C(F)(F)F. The number of carbonyl (C=O) groups excluding carboxylic acids is 1. The van der Waals surface area contributed by atoms with Crippen LogP contribution in [0.25, 0.3) is 5.76 Å². The van der Waals surface area contributed by atoms with Gasteiger partial charge in [-0.15, -0.1) is 0 Å². The molecule has 2 aromatic carbocycles. The highest BCUT2D eigenvalue weighted by atomic mass is 19.4. The van der Waals surface area contributed by atoms with Crippen molar-refractivity contribution in [3.8, 4) is 5.75 Å². The average molecular weight is 393 g/mol. The minimum Gasteiger partial charge on any atom is -0.506 e. The first-order valence-electron chi connectivity index (χ1n) is 8.23. The maximum absolute atomic E-state index is 13.2. The maximum Gasteiger partial charge on any atom is 0.417 e. The van der Waals surface area contributed by atoms with Crippen LogP contribution < -0.4 is 4.74 Å². The first kappa shape index (κ1) is 21.0. The summed E-state index contributed by atoms with van der Waals surface area (Å²) in [5.74, 6) is -1.28. The number of aliphatic hydroxyl groups excluding tert-OH is 1. The first-order valence-corrected chi connectivity index (χ1v) is 8.23. The van der Waals surface area contributed by atoms with E-state index in [1.54, 1.807) is 24.3 Å². The normalized spacial score (nSPS) is 12.6. The fraction of sp³-hybridized carbons (Fsp3) is 0.200. The van der Waals surface area contributed by atoms with Crippen molar-refractivity contribution in [1.82, 2.24) is 0 Å². The summed E-state index contributed by atoms with van der Waals surface area (Å²) in [4.78, 5) is 16.3. The van der Waals surface area contributed by atoms with Crippen LogP contribution in [0.15, 0.2) is 59.1 Å². The molecule has 0 unspecified atom stereocenters. The monoisotopic (exact) mass is 393 g/mol. The Morgan fingerprint density at radius 1 is 1.14 bits per heavy atom. The Labute approximate surface area is 159 Å². The summed E-state index contributed by atoms with van der Waals surface area (Å²) in [5, 5.41) is 10.4. The third-order valence-corrected chi connectivity index (χ3v) is 3.65. The quantitative estimate of drug-likeness (QED) is 0.326. The smallest absolute Gasteiger partial charge is 0.417 e. The highest BCUT2D eigenvalue weighted by Gasteiger charge is 2.35.